The number of hydrogen-bond acceptors (Lipinski definition) is 4. The Labute approximate surface area is 168 Å². The topological polar surface area (TPSA) is 80.0 Å². The van der Waals surface area contributed by atoms with Gasteiger partial charge in [0.2, 0.25) is 5.91 Å². The minimum absolute atomic E-state index is 0. The molecule has 3 rings (SSSR count). The van der Waals surface area contributed by atoms with Gasteiger partial charge < -0.3 is 20.7 Å². The van der Waals surface area contributed by atoms with Crippen molar-refractivity contribution in [2.75, 3.05) is 25.5 Å². The highest BCUT2D eigenvalue weighted by molar-refractivity contribution is 14.0. The summed E-state index contributed by atoms with van der Waals surface area (Å²) >= 11 is 1.76. The first kappa shape index (κ1) is 19.5. The number of methoxy groups -OCH3 is 1. The van der Waals surface area contributed by atoms with Crippen LogP contribution in [0.4, 0.5) is 5.69 Å². The summed E-state index contributed by atoms with van der Waals surface area (Å²) in [5.41, 5.74) is 7.89. The smallest absolute Gasteiger partial charge is 0.244 e. The number of rotatable bonds is 4. The molecule has 2 heterocycles. The molecule has 2 aromatic rings. The van der Waals surface area contributed by atoms with Crippen LogP contribution in [0.3, 0.4) is 0 Å². The zero-order valence-electron chi connectivity index (χ0n) is 13.9. The van der Waals surface area contributed by atoms with E-state index in [1.807, 2.05) is 29.2 Å². The Morgan fingerprint density at radius 1 is 1.36 bits per heavy atom. The maximum Gasteiger partial charge on any atom is 0.244 e. The van der Waals surface area contributed by atoms with Gasteiger partial charge in [0.25, 0.3) is 0 Å². The number of guanidine groups is 1. The molecule has 25 heavy (non-hydrogen) atoms. The van der Waals surface area contributed by atoms with Gasteiger partial charge in [0.1, 0.15) is 12.3 Å². The number of thiophene rings is 1. The van der Waals surface area contributed by atoms with Crippen LogP contribution in [0.15, 0.2) is 40.7 Å². The van der Waals surface area contributed by atoms with Crippen LogP contribution in [0, 0.1) is 0 Å². The van der Waals surface area contributed by atoms with Crippen LogP contribution >= 0.6 is 35.3 Å². The van der Waals surface area contributed by atoms with E-state index in [0.29, 0.717) is 6.54 Å². The van der Waals surface area contributed by atoms with Gasteiger partial charge in [0, 0.05) is 23.7 Å². The first-order valence-corrected chi connectivity index (χ1v) is 8.57. The van der Waals surface area contributed by atoms with Crippen molar-refractivity contribution >= 4 is 52.9 Å². The van der Waals surface area contributed by atoms with E-state index in [4.69, 9.17) is 10.5 Å². The van der Waals surface area contributed by atoms with Crippen LogP contribution < -0.4 is 15.8 Å². The molecule has 8 heteroatoms. The average Bonchev–Trinajstić information content (AvgIpc) is 3.08. The van der Waals surface area contributed by atoms with Gasteiger partial charge >= 0.3 is 0 Å². The van der Waals surface area contributed by atoms with Crippen molar-refractivity contribution in [2.45, 2.75) is 13.0 Å². The Hall–Kier alpha value is -1.81. The Balaban J connectivity index is 0.00000225. The lowest BCUT2D eigenvalue weighted by Crippen LogP contribution is -2.37. The van der Waals surface area contributed by atoms with Crippen LogP contribution in [0.5, 0.6) is 5.75 Å². The molecular formula is C17H21IN4O2S. The average molecular weight is 472 g/mol. The molecule has 0 spiro atoms. The predicted octanol–water partition coefficient (Wildman–Crippen LogP) is 2.69. The number of aliphatic imine (C=N–C) groups is 1. The third kappa shape index (κ3) is 5.08. The van der Waals surface area contributed by atoms with E-state index in [9.17, 15) is 4.79 Å². The maximum atomic E-state index is 12.3. The normalized spacial score (nSPS) is 13.6. The van der Waals surface area contributed by atoms with Gasteiger partial charge in [0.05, 0.1) is 7.11 Å². The molecule has 0 atom stereocenters. The van der Waals surface area contributed by atoms with Crippen molar-refractivity contribution in [3.05, 3.63) is 46.2 Å². The summed E-state index contributed by atoms with van der Waals surface area (Å²) in [7, 11) is 1.61. The van der Waals surface area contributed by atoms with Crippen LogP contribution in [0.2, 0.25) is 0 Å². The SMILES string of the molecule is COc1ccc(NC(N)=NCC(=O)N2CCc3sccc3C2)cc1.I. The van der Waals surface area contributed by atoms with E-state index < -0.39 is 0 Å². The molecule has 1 amide bonds. The van der Waals surface area contributed by atoms with Crippen LogP contribution in [0.25, 0.3) is 0 Å². The second kappa shape index (κ2) is 9.04. The largest absolute Gasteiger partial charge is 0.497 e. The van der Waals surface area contributed by atoms with Crippen molar-refractivity contribution in [3.63, 3.8) is 0 Å². The van der Waals surface area contributed by atoms with Crippen molar-refractivity contribution in [3.8, 4) is 5.75 Å². The van der Waals surface area contributed by atoms with Gasteiger partial charge in [-0.2, -0.15) is 0 Å². The number of nitrogens with two attached hydrogens (primary N) is 1. The summed E-state index contributed by atoms with van der Waals surface area (Å²) in [6.07, 6.45) is 0.919. The number of ether oxygens (including phenoxy) is 1. The van der Waals surface area contributed by atoms with Gasteiger partial charge in [-0.25, -0.2) is 4.99 Å². The molecule has 1 aliphatic heterocycles. The van der Waals surface area contributed by atoms with E-state index >= 15 is 0 Å². The first-order chi connectivity index (χ1) is 11.7. The number of carbonyl (C=O) groups is 1. The first-order valence-electron chi connectivity index (χ1n) is 7.69. The zero-order chi connectivity index (χ0) is 16.9. The molecule has 0 saturated carbocycles. The summed E-state index contributed by atoms with van der Waals surface area (Å²) in [6, 6.07) is 9.42. The van der Waals surface area contributed by atoms with Crippen molar-refractivity contribution in [2.24, 2.45) is 10.7 Å². The number of nitrogens with one attached hydrogen (secondary N) is 1. The molecule has 0 unspecified atom stereocenters. The quantitative estimate of drug-likeness (QED) is 0.408. The third-order valence-corrected chi connectivity index (χ3v) is 4.93. The van der Waals surface area contributed by atoms with E-state index in [-0.39, 0.29) is 42.4 Å². The van der Waals surface area contributed by atoms with E-state index in [1.54, 1.807) is 18.4 Å². The second-order valence-corrected chi connectivity index (χ2v) is 6.49. The Bertz CT molecular complexity index is 745. The fraction of sp³-hybridized carbons (Fsp3) is 0.294. The number of benzene rings is 1. The molecule has 3 N–H and O–H groups in total. The highest BCUT2D eigenvalue weighted by Crippen LogP contribution is 2.23. The van der Waals surface area contributed by atoms with Crippen LogP contribution in [-0.2, 0) is 17.8 Å². The molecule has 0 bridgehead atoms. The molecule has 0 saturated heterocycles. The van der Waals surface area contributed by atoms with Gasteiger partial charge in [-0.3, -0.25) is 4.79 Å². The Morgan fingerprint density at radius 3 is 2.84 bits per heavy atom. The fourth-order valence-electron chi connectivity index (χ4n) is 2.58. The van der Waals surface area contributed by atoms with Gasteiger partial charge in [-0.15, -0.1) is 35.3 Å². The summed E-state index contributed by atoms with van der Waals surface area (Å²) in [5.74, 6) is 0.984. The number of anilines is 1. The maximum absolute atomic E-state index is 12.3. The summed E-state index contributed by atoms with van der Waals surface area (Å²) in [6.45, 7) is 1.46. The van der Waals surface area contributed by atoms with E-state index in [0.717, 1.165) is 24.4 Å². The summed E-state index contributed by atoms with van der Waals surface area (Å²) in [5, 5.41) is 5.04. The lowest BCUT2D eigenvalue weighted by atomic mass is 10.1. The highest BCUT2D eigenvalue weighted by Gasteiger charge is 2.20. The molecule has 6 nitrogen and oxygen atoms in total. The number of hydrogen-bond donors (Lipinski definition) is 2. The zero-order valence-corrected chi connectivity index (χ0v) is 17.0. The predicted molar refractivity (Wildman–Crippen MR) is 112 cm³/mol. The standard InChI is InChI=1S/C17H20N4O2S.HI/c1-23-14-4-2-13(3-5-14)20-17(18)19-10-16(22)21-8-6-15-12(11-21)7-9-24-15;/h2-5,7,9H,6,8,10-11H2,1H3,(H3,18,19,20);1H. The van der Waals surface area contributed by atoms with E-state index in [1.165, 1.54) is 10.4 Å². The van der Waals surface area contributed by atoms with Gasteiger partial charge in [0.15, 0.2) is 5.96 Å². The summed E-state index contributed by atoms with van der Waals surface area (Å²) in [4.78, 5) is 19.6. The van der Waals surface area contributed by atoms with Gasteiger partial charge in [-0.05, 0) is 47.7 Å². The fourth-order valence-corrected chi connectivity index (χ4v) is 3.47. The minimum atomic E-state index is -0.00803. The Morgan fingerprint density at radius 2 is 2.12 bits per heavy atom. The van der Waals surface area contributed by atoms with Crippen molar-refractivity contribution in [1.29, 1.82) is 0 Å². The molecule has 1 aromatic carbocycles. The number of fused-ring (bicyclic) bond motifs is 1. The molecule has 1 aromatic heterocycles. The molecule has 134 valence electrons. The highest BCUT2D eigenvalue weighted by atomic mass is 127. The van der Waals surface area contributed by atoms with Crippen LogP contribution in [0.1, 0.15) is 10.4 Å². The third-order valence-electron chi connectivity index (χ3n) is 3.91. The number of carbonyl (C=O) groups excluding carboxylic acids is 1. The molecule has 0 aliphatic carbocycles. The summed E-state index contributed by atoms with van der Waals surface area (Å²) < 4.78 is 5.10. The molecule has 0 fully saturated rings. The lowest BCUT2D eigenvalue weighted by molar-refractivity contribution is -0.130. The monoisotopic (exact) mass is 472 g/mol. The lowest BCUT2D eigenvalue weighted by Gasteiger charge is -2.26. The van der Waals surface area contributed by atoms with Crippen molar-refractivity contribution < 1.29 is 9.53 Å². The number of amides is 1. The molecular weight excluding hydrogens is 451 g/mol. The molecule has 0 radical (unpaired) electrons. The van der Waals surface area contributed by atoms with Crippen molar-refractivity contribution in [1.82, 2.24) is 4.90 Å². The van der Waals surface area contributed by atoms with Crippen LogP contribution in [-0.4, -0.2) is 37.0 Å². The van der Waals surface area contributed by atoms with Gasteiger partial charge in [-0.1, -0.05) is 0 Å². The van der Waals surface area contributed by atoms with E-state index in [2.05, 4.69) is 21.8 Å². The minimum Gasteiger partial charge on any atom is -0.497 e. The molecule has 1 aliphatic rings. The number of nitrogens with zero attached hydrogens (tertiary/aromatic N) is 2. The Kier molecular flexibility index (Phi) is 7.06. The number of halogens is 1. The second-order valence-electron chi connectivity index (χ2n) is 5.49.